The number of halogens is 1. The Morgan fingerprint density at radius 2 is 2.29 bits per heavy atom. The third kappa shape index (κ3) is 3.12. The van der Waals surface area contributed by atoms with Gasteiger partial charge in [0.25, 0.3) is 0 Å². The minimum absolute atomic E-state index is 0.123. The van der Waals surface area contributed by atoms with E-state index in [-0.39, 0.29) is 5.60 Å². The molecule has 0 saturated heterocycles. The van der Waals surface area contributed by atoms with E-state index in [2.05, 4.69) is 41.7 Å². The SMILES string of the molecule is CCC1CC(C)(C)O/C(C)=C(Br)/C=N\1. The molecule has 1 heterocycles. The van der Waals surface area contributed by atoms with Crippen molar-refractivity contribution in [2.45, 2.75) is 52.2 Å². The fourth-order valence-electron chi connectivity index (χ4n) is 1.64. The largest absolute Gasteiger partial charge is 0.491 e. The Labute approximate surface area is 94.6 Å². The van der Waals surface area contributed by atoms with Crippen molar-refractivity contribution in [3.63, 3.8) is 0 Å². The van der Waals surface area contributed by atoms with Crippen molar-refractivity contribution in [2.75, 3.05) is 0 Å². The molecule has 0 saturated carbocycles. The summed E-state index contributed by atoms with van der Waals surface area (Å²) in [5, 5.41) is 0. The Hall–Kier alpha value is -0.310. The van der Waals surface area contributed by atoms with Gasteiger partial charge in [0.05, 0.1) is 10.5 Å². The van der Waals surface area contributed by atoms with Gasteiger partial charge in [-0.25, -0.2) is 0 Å². The van der Waals surface area contributed by atoms with Gasteiger partial charge in [0.1, 0.15) is 11.4 Å². The van der Waals surface area contributed by atoms with Crippen LogP contribution in [0.3, 0.4) is 0 Å². The van der Waals surface area contributed by atoms with Crippen molar-refractivity contribution in [1.82, 2.24) is 0 Å². The van der Waals surface area contributed by atoms with Crippen molar-refractivity contribution in [1.29, 1.82) is 0 Å². The molecule has 0 spiro atoms. The Balaban J connectivity index is 2.92. The zero-order valence-electron chi connectivity index (χ0n) is 9.30. The predicted octanol–water partition coefficient (Wildman–Crippen LogP) is 3.66. The first-order chi connectivity index (χ1) is 6.44. The topological polar surface area (TPSA) is 21.6 Å². The third-order valence-corrected chi connectivity index (χ3v) is 3.13. The number of nitrogens with zero attached hydrogens (tertiary/aromatic N) is 1. The second kappa shape index (κ2) is 4.47. The molecule has 0 amide bonds. The van der Waals surface area contributed by atoms with Crippen LogP contribution in [0, 0.1) is 0 Å². The molecule has 1 unspecified atom stereocenters. The molecule has 0 bridgehead atoms. The molecular weight excluding hydrogens is 242 g/mol. The lowest BCUT2D eigenvalue weighted by atomic mass is 9.97. The van der Waals surface area contributed by atoms with E-state index < -0.39 is 0 Å². The Bertz CT molecular complexity index is 268. The molecule has 1 aliphatic rings. The highest BCUT2D eigenvalue weighted by atomic mass is 79.9. The maximum absolute atomic E-state index is 5.86. The smallest absolute Gasteiger partial charge is 0.109 e. The van der Waals surface area contributed by atoms with E-state index >= 15 is 0 Å². The summed E-state index contributed by atoms with van der Waals surface area (Å²) in [6, 6.07) is 0.366. The Morgan fingerprint density at radius 1 is 1.64 bits per heavy atom. The molecule has 0 N–H and O–H groups in total. The van der Waals surface area contributed by atoms with Crippen LogP contribution in [-0.4, -0.2) is 17.9 Å². The normalized spacial score (nSPS) is 34.2. The zero-order chi connectivity index (χ0) is 10.8. The maximum atomic E-state index is 5.86. The van der Waals surface area contributed by atoms with Crippen molar-refractivity contribution in [3.8, 4) is 0 Å². The zero-order valence-corrected chi connectivity index (χ0v) is 10.9. The molecule has 0 fully saturated rings. The molecule has 0 aromatic rings. The lowest BCUT2D eigenvalue weighted by molar-refractivity contribution is 0.0218. The first-order valence-electron chi connectivity index (χ1n) is 5.03. The van der Waals surface area contributed by atoms with Gasteiger partial charge in [-0.2, -0.15) is 0 Å². The van der Waals surface area contributed by atoms with E-state index in [1.165, 1.54) is 0 Å². The van der Waals surface area contributed by atoms with Crippen LogP contribution in [-0.2, 0) is 4.74 Å². The summed E-state index contributed by atoms with van der Waals surface area (Å²) in [4.78, 5) is 4.52. The molecule has 0 aromatic carbocycles. The van der Waals surface area contributed by atoms with Crippen LogP contribution in [0.4, 0.5) is 0 Å². The van der Waals surface area contributed by atoms with Gasteiger partial charge in [0, 0.05) is 12.6 Å². The standard InChI is InChI=1S/C11H18BrNO/c1-5-9-6-11(3,4)14-8(2)10(12)7-13-9/h7,9H,5-6H2,1-4H3/b10-8-,13-7-. The average molecular weight is 260 g/mol. The van der Waals surface area contributed by atoms with Crippen LogP contribution in [0.25, 0.3) is 0 Å². The molecule has 80 valence electrons. The molecule has 1 aliphatic heterocycles. The van der Waals surface area contributed by atoms with Crippen molar-refractivity contribution in [2.24, 2.45) is 4.99 Å². The molecule has 0 radical (unpaired) electrons. The number of hydrogen-bond acceptors (Lipinski definition) is 2. The number of aliphatic imine (C=N–C) groups is 1. The third-order valence-electron chi connectivity index (χ3n) is 2.36. The number of allylic oxidation sites excluding steroid dienone is 2. The van der Waals surface area contributed by atoms with Gasteiger partial charge in [0.15, 0.2) is 0 Å². The van der Waals surface area contributed by atoms with E-state index in [9.17, 15) is 0 Å². The van der Waals surface area contributed by atoms with E-state index in [0.717, 1.165) is 23.1 Å². The fourth-order valence-corrected chi connectivity index (χ4v) is 1.84. The van der Waals surface area contributed by atoms with Gasteiger partial charge in [-0.3, -0.25) is 4.99 Å². The van der Waals surface area contributed by atoms with Crippen LogP contribution in [0.15, 0.2) is 15.2 Å². The summed E-state index contributed by atoms with van der Waals surface area (Å²) >= 11 is 3.45. The quantitative estimate of drug-likeness (QED) is 0.705. The number of rotatable bonds is 1. The predicted molar refractivity (Wildman–Crippen MR) is 64.0 cm³/mol. The highest BCUT2D eigenvalue weighted by molar-refractivity contribution is 9.12. The van der Waals surface area contributed by atoms with Crippen molar-refractivity contribution < 1.29 is 4.74 Å². The van der Waals surface area contributed by atoms with E-state index in [1.54, 1.807) is 0 Å². The van der Waals surface area contributed by atoms with Gasteiger partial charge in [-0.15, -0.1) is 0 Å². The average Bonchev–Trinajstić information content (AvgIpc) is 2.09. The van der Waals surface area contributed by atoms with Crippen LogP contribution in [0.1, 0.15) is 40.5 Å². The highest BCUT2D eigenvalue weighted by Gasteiger charge is 2.25. The van der Waals surface area contributed by atoms with E-state index in [4.69, 9.17) is 4.74 Å². The van der Waals surface area contributed by atoms with Gasteiger partial charge in [-0.05, 0) is 43.1 Å². The number of ether oxygens (including phenoxy) is 1. The monoisotopic (exact) mass is 259 g/mol. The second-order valence-electron chi connectivity index (χ2n) is 4.31. The van der Waals surface area contributed by atoms with Crippen LogP contribution >= 0.6 is 15.9 Å². The summed E-state index contributed by atoms with van der Waals surface area (Å²) in [6.45, 7) is 8.34. The molecular formula is C11H18BrNO. The molecule has 0 aliphatic carbocycles. The summed E-state index contributed by atoms with van der Waals surface area (Å²) in [5.74, 6) is 0.910. The highest BCUT2D eigenvalue weighted by Crippen LogP contribution is 2.27. The van der Waals surface area contributed by atoms with E-state index in [0.29, 0.717) is 6.04 Å². The molecule has 2 nitrogen and oxygen atoms in total. The lowest BCUT2D eigenvalue weighted by Crippen LogP contribution is -2.30. The first kappa shape index (κ1) is 11.8. The van der Waals surface area contributed by atoms with Gasteiger partial charge < -0.3 is 4.74 Å². The summed E-state index contributed by atoms with van der Waals surface area (Å²) in [6.07, 6.45) is 3.89. The summed E-state index contributed by atoms with van der Waals surface area (Å²) in [7, 11) is 0. The first-order valence-corrected chi connectivity index (χ1v) is 5.82. The van der Waals surface area contributed by atoms with Gasteiger partial charge in [-0.1, -0.05) is 6.92 Å². The van der Waals surface area contributed by atoms with Crippen LogP contribution in [0.5, 0.6) is 0 Å². The Morgan fingerprint density at radius 3 is 2.86 bits per heavy atom. The molecule has 1 rings (SSSR count). The van der Waals surface area contributed by atoms with Crippen molar-refractivity contribution >= 4 is 22.1 Å². The number of hydrogen-bond donors (Lipinski definition) is 0. The van der Waals surface area contributed by atoms with Crippen LogP contribution in [0.2, 0.25) is 0 Å². The van der Waals surface area contributed by atoms with Gasteiger partial charge >= 0.3 is 0 Å². The minimum Gasteiger partial charge on any atom is -0.491 e. The minimum atomic E-state index is -0.123. The molecule has 14 heavy (non-hydrogen) atoms. The summed E-state index contributed by atoms with van der Waals surface area (Å²) in [5.41, 5.74) is -0.123. The van der Waals surface area contributed by atoms with Gasteiger partial charge in [0.2, 0.25) is 0 Å². The maximum Gasteiger partial charge on any atom is 0.109 e. The lowest BCUT2D eigenvalue weighted by Gasteiger charge is -2.31. The van der Waals surface area contributed by atoms with Crippen molar-refractivity contribution in [3.05, 3.63) is 10.2 Å². The summed E-state index contributed by atoms with van der Waals surface area (Å²) < 4.78 is 6.81. The molecule has 1 atom stereocenters. The fraction of sp³-hybridized carbons (Fsp3) is 0.727. The Kier molecular flexibility index (Phi) is 3.76. The molecule has 0 aromatic heterocycles. The van der Waals surface area contributed by atoms with Crippen LogP contribution < -0.4 is 0 Å². The molecule has 3 heteroatoms. The second-order valence-corrected chi connectivity index (χ2v) is 5.16. The van der Waals surface area contributed by atoms with E-state index in [1.807, 2.05) is 13.1 Å².